The fraction of sp³-hybridized carbons (Fsp3) is 0.400. The number of hydrogen-bond acceptors (Lipinski definition) is 3. The Morgan fingerprint density at radius 2 is 2.04 bits per heavy atom. The molecule has 0 saturated carbocycles. The molecule has 1 heterocycles. The molecule has 0 fully saturated rings. The molecule has 0 saturated heterocycles. The number of hydrogen-bond donors (Lipinski definition) is 0. The van der Waals surface area contributed by atoms with E-state index in [0.717, 1.165) is 36.5 Å². The third kappa shape index (κ3) is 5.03. The normalized spacial score (nSPS) is 12.5. The van der Waals surface area contributed by atoms with E-state index in [-0.39, 0.29) is 11.9 Å². The number of rotatable bonds is 8. The molecule has 2 rings (SSSR count). The summed E-state index contributed by atoms with van der Waals surface area (Å²) in [6.07, 6.45) is 6.48. The van der Waals surface area contributed by atoms with E-state index in [9.17, 15) is 4.79 Å². The fourth-order valence-corrected chi connectivity index (χ4v) is 3.35. The molecule has 0 spiro atoms. The van der Waals surface area contributed by atoms with Gasteiger partial charge in [-0.25, -0.2) is 4.98 Å². The van der Waals surface area contributed by atoms with Gasteiger partial charge in [0.2, 0.25) is 5.91 Å². The molecule has 0 aliphatic carbocycles. The molecule has 24 heavy (non-hydrogen) atoms. The topological polar surface area (TPSA) is 33.2 Å². The Labute approximate surface area is 149 Å². The van der Waals surface area contributed by atoms with Crippen LogP contribution in [0.3, 0.4) is 0 Å². The van der Waals surface area contributed by atoms with Gasteiger partial charge in [-0.05, 0) is 31.4 Å². The largest absolute Gasteiger partial charge is 0.332 e. The second kappa shape index (κ2) is 9.38. The standard InChI is InChI=1S/C20H26N2OS/c1-4-6-14-22(19(5-2)17-10-8-7-9-11-17)20(23)13-12-18-15-24-16(3)21-18/h7-13,15,19H,4-6,14H2,1-3H3/b13-12+/t19-/m0/s1. The third-order valence-electron chi connectivity index (χ3n) is 4.02. The number of nitrogens with zero attached hydrogens (tertiary/aromatic N) is 2. The van der Waals surface area contributed by atoms with Crippen molar-refractivity contribution in [1.82, 2.24) is 9.88 Å². The first-order chi connectivity index (χ1) is 11.7. The molecule has 0 unspecified atom stereocenters. The molecule has 1 aromatic carbocycles. The van der Waals surface area contributed by atoms with E-state index in [2.05, 4.69) is 31.0 Å². The van der Waals surface area contributed by atoms with E-state index in [4.69, 9.17) is 0 Å². The maximum atomic E-state index is 12.8. The molecule has 4 heteroatoms. The van der Waals surface area contributed by atoms with Crippen molar-refractivity contribution in [3.05, 3.63) is 58.1 Å². The lowest BCUT2D eigenvalue weighted by atomic mass is 10.0. The Morgan fingerprint density at radius 1 is 1.29 bits per heavy atom. The highest BCUT2D eigenvalue weighted by Crippen LogP contribution is 2.25. The lowest BCUT2D eigenvalue weighted by Gasteiger charge is -2.31. The van der Waals surface area contributed by atoms with Crippen molar-refractivity contribution in [2.75, 3.05) is 6.54 Å². The number of carbonyl (C=O) groups is 1. The van der Waals surface area contributed by atoms with Crippen LogP contribution in [0, 0.1) is 6.92 Å². The van der Waals surface area contributed by atoms with Gasteiger partial charge in [-0.1, -0.05) is 50.6 Å². The Hall–Kier alpha value is -1.94. The molecule has 0 aliphatic rings. The molecule has 0 bridgehead atoms. The minimum absolute atomic E-state index is 0.0600. The number of benzene rings is 1. The highest BCUT2D eigenvalue weighted by Gasteiger charge is 2.21. The molecule has 1 aromatic heterocycles. The number of amides is 1. The Bertz CT molecular complexity index is 663. The Balaban J connectivity index is 2.19. The number of thiazole rings is 1. The first kappa shape index (κ1) is 18.4. The Kier molecular flexibility index (Phi) is 7.19. The second-order valence-electron chi connectivity index (χ2n) is 5.84. The maximum Gasteiger partial charge on any atom is 0.247 e. The molecule has 0 radical (unpaired) electrons. The van der Waals surface area contributed by atoms with Crippen LogP contribution in [0.15, 0.2) is 41.8 Å². The molecular weight excluding hydrogens is 316 g/mol. The van der Waals surface area contributed by atoms with E-state index in [1.165, 1.54) is 5.56 Å². The van der Waals surface area contributed by atoms with Crippen LogP contribution in [0.2, 0.25) is 0 Å². The van der Waals surface area contributed by atoms with Crippen LogP contribution in [-0.2, 0) is 4.79 Å². The van der Waals surface area contributed by atoms with Crippen LogP contribution >= 0.6 is 11.3 Å². The summed E-state index contributed by atoms with van der Waals surface area (Å²) in [5, 5.41) is 2.99. The zero-order chi connectivity index (χ0) is 17.4. The van der Waals surface area contributed by atoms with E-state index in [1.807, 2.05) is 41.5 Å². The lowest BCUT2D eigenvalue weighted by molar-refractivity contribution is -0.128. The van der Waals surface area contributed by atoms with Crippen LogP contribution in [0.25, 0.3) is 6.08 Å². The first-order valence-electron chi connectivity index (χ1n) is 8.61. The second-order valence-corrected chi connectivity index (χ2v) is 6.91. The number of unbranched alkanes of at least 4 members (excludes halogenated alkanes) is 1. The van der Waals surface area contributed by atoms with Crippen molar-refractivity contribution in [3.63, 3.8) is 0 Å². The van der Waals surface area contributed by atoms with Crippen LogP contribution in [0.1, 0.15) is 55.4 Å². The third-order valence-corrected chi connectivity index (χ3v) is 4.81. The van der Waals surface area contributed by atoms with Gasteiger partial charge >= 0.3 is 0 Å². The summed E-state index contributed by atoms with van der Waals surface area (Å²) in [5.74, 6) is 0.0600. The summed E-state index contributed by atoms with van der Waals surface area (Å²) < 4.78 is 0. The molecule has 128 valence electrons. The summed E-state index contributed by atoms with van der Waals surface area (Å²) in [7, 11) is 0. The summed E-state index contributed by atoms with van der Waals surface area (Å²) >= 11 is 1.60. The van der Waals surface area contributed by atoms with Crippen molar-refractivity contribution in [1.29, 1.82) is 0 Å². The lowest BCUT2D eigenvalue weighted by Crippen LogP contribution is -2.34. The zero-order valence-corrected chi connectivity index (χ0v) is 15.6. The van der Waals surface area contributed by atoms with Gasteiger partial charge < -0.3 is 4.90 Å². The summed E-state index contributed by atoms with van der Waals surface area (Å²) in [6, 6.07) is 10.4. The van der Waals surface area contributed by atoms with Crippen LogP contribution < -0.4 is 0 Å². The maximum absolute atomic E-state index is 12.8. The van der Waals surface area contributed by atoms with Gasteiger partial charge in [0.25, 0.3) is 0 Å². The highest BCUT2D eigenvalue weighted by molar-refractivity contribution is 7.09. The van der Waals surface area contributed by atoms with Gasteiger partial charge in [0.05, 0.1) is 16.7 Å². The quantitative estimate of drug-likeness (QED) is 0.614. The molecule has 0 aliphatic heterocycles. The van der Waals surface area contributed by atoms with Gasteiger partial charge in [0, 0.05) is 18.0 Å². The summed E-state index contributed by atoms with van der Waals surface area (Å²) in [6.45, 7) is 7.04. The average Bonchev–Trinajstić information content (AvgIpc) is 3.02. The number of aryl methyl sites for hydroxylation is 1. The SMILES string of the molecule is CCCCN(C(=O)/C=C/c1csc(C)n1)[C@@H](CC)c1ccccc1. The van der Waals surface area contributed by atoms with Gasteiger partial charge in [-0.2, -0.15) is 0 Å². The van der Waals surface area contributed by atoms with Crippen LogP contribution in [-0.4, -0.2) is 22.3 Å². The average molecular weight is 343 g/mol. The van der Waals surface area contributed by atoms with Crippen molar-refractivity contribution in [2.24, 2.45) is 0 Å². The molecule has 2 aromatic rings. The van der Waals surface area contributed by atoms with Crippen molar-refractivity contribution in [2.45, 2.75) is 46.1 Å². The minimum Gasteiger partial charge on any atom is -0.332 e. The van der Waals surface area contributed by atoms with Crippen molar-refractivity contribution in [3.8, 4) is 0 Å². The van der Waals surface area contributed by atoms with Gasteiger partial charge in [0.1, 0.15) is 0 Å². The molecule has 1 amide bonds. The number of aromatic nitrogens is 1. The van der Waals surface area contributed by atoms with E-state index < -0.39 is 0 Å². The first-order valence-corrected chi connectivity index (χ1v) is 9.49. The molecule has 1 atom stereocenters. The van der Waals surface area contributed by atoms with E-state index in [1.54, 1.807) is 17.4 Å². The zero-order valence-electron chi connectivity index (χ0n) is 14.7. The summed E-state index contributed by atoms with van der Waals surface area (Å²) in [5.41, 5.74) is 2.05. The summed E-state index contributed by atoms with van der Waals surface area (Å²) in [4.78, 5) is 19.2. The predicted octanol–water partition coefficient (Wildman–Crippen LogP) is 5.24. The molecule has 0 N–H and O–H groups in total. The predicted molar refractivity (Wildman–Crippen MR) is 102 cm³/mol. The van der Waals surface area contributed by atoms with Gasteiger partial charge in [0.15, 0.2) is 0 Å². The van der Waals surface area contributed by atoms with E-state index in [0.29, 0.717) is 0 Å². The monoisotopic (exact) mass is 342 g/mol. The smallest absolute Gasteiger partial charge is 0.247 e. The molecule has 3 nitrogen and oxygen atoms in total. The Morgan fingerprint density at radius 3 is 2.62 bits per heavy atom. The van der Waals surface area contributed by atoms with Gasteiger partial charge in [-0.15, -0.1) is 11.3 Å². The highest BCUT2D eigenvalue weighted by atomic mass is 32.1. The molecular formula is C20H26N2OS. The minimum atomic E-state index is 0.0600. The van der Waals surface area contributed by atoms with Crippen LogP contribution in [0.4, 0.5) is 0 Å². The van der Waals surface area contributed by atoms with Crippen LogP contribution in [0.5, 0.6) is 0 Å². The van der Waals surface area contributed by atoms with E-state index >= 15 is 0 Å². The van der Waals surface area contributed by atoms with Gasteiger partial charge in [-0.3, -0.25) is 4.79 Å². The fourth-order valence-electron chi connectivity index (χ4n) is 2.77. The van der Waals surface area contributed by atoms with Crippen molar-refractivity contribution >= 4 is 23.3 Å². The van der Waals surface area contributed by atoms with Crippen molar-refractivity contribution < 1.29 is 4.79 Å². The number of carbonyl (C=O) groups excluding carboxylic acids is 1.